The van der Waals surface area contributed by atoms with Gasteiger partial charge in [-0.25, -0.2) is 4.79 Å². The second-order valence-corrected chi connectivity index (χ2v) is 4.00. The molecule has 0 aliphatic carbocycles. The fourth-order valence-corrected chi connectivity index (χ4v) is 0.826. The molecule has 0 unspecified atom stereocenters. The Hall–Kier alpha value is -1.30. The number of ether oxygens (including phenoxy) is 1. The average molecular weight is 218 g/mol. The molecule has 0 spiro atoms. The van der Waals surface area contributed by atoms with Crippen LogP contribution in [0, 0.1) is 0 Å². The topological polar surface area (TPSA) is 87.7 Å². The molecule has 88 valence electrons. The van der Waals surface area contributed by atoms with E-state index in [0.717, 1.165) is 0 Å². The summed E-state index contributed by atoms with van der Waals surface area (Å²) in [6, 6.07) is 0. The van der Waals surface area contributed by atoms with Gasteiger partial charge in [0.05, 0.1) is 6.54 Å². The zero-order valence-electron chi connectivity index (χ0n) is 9.29. The molecule has 3 N–H and O–H groups in total. The third kappa shape index (κ3) is 10.6. The molecule has 0 aliphatic rings. The highest BCUT2D eigenvalue weighted by atomic mass is 16.6. The van der Waals surface area contributed by atoms with Crippen molar-refractivity contribution < 1.29 is 19.4 Å². The van der Waals surface area contributed by atoms with E-state index in [0.29, 0.717) is 6.54 Å². The van der Waals surface area contributed by atoms with E-state index in [-0.39, 0.29) is 19.1 Å². The summed E-state index contributed by atoms with van der Waals surface area (Å²) < 4.78 is 5.03. The molecule has 6 heteroatoms. The molecule has 0 rings (SSSR count). The van der Waals surface area contributed by atoms with Crippen molar-refractivity contribution in [1.82, 2.24) is 10.6 Å². The first-order chi connectivity index (χ1) is 6.81. The van der Waals surface area contributed by atoms with E-state index in [1.807, 2.05) is 0 Å². The predicted octanol–water partition coefficient (Wildman–Crippen LogP) is 0.185. The number of hydrogen-bond acceptors (Lipinski definition) is 4. The van der Waals surface area contributed by atoms with Crippen LogP contribution in [-0.2, 0) is 9.53 Å². The lowest BCUT2D eigenvalue weighted by atomic mass is 10.2. The Balaban J connectivity index is 3.44. The minimum atomic E-state index is -1.07. The van der Waals surface area contributed by atoms with Crippen molar-refractivity contribution in [2.24, 2.45) is 0 Å². The summed E-state index contributed by atoms with van der Waals surface area (Å²) in [7, 11) is 0. The van der Waals surface area contributed by atoms with E-state index in [9.17, 15) is 9.59 Å². The molecule has 0 atom stereocenters. The van der Waals surface area contributed by atoms with E-state index in [2.05, 4.69) is 10.6 Å². The van der Waals surface area contributed by atoms with Gasteiger partial charge in [-0.1, -0.05) is 0 Å². The van der Waals surface area contributed by atoms with Crippen LogP contribution in [0.5, 0.6) is 0 Å². The number of esters is 1. The molecule has 0 saturated carbocycles. The molecular formula is C9H18N2O4. The van der Waals surface area contributed by atoms with Gasteiger partial charge in [0.25, 0.3) is 0 Å². The molecule has 0 aromatic heterocycles. The number of hydrogen-bond donors (Lipinski definition) is 3. The van der Waals surface area contributed by atoms with E-state index < -0.39 is 11.7 Å². The number of carbonyl (C=O) groups excluding carboxylic acids is 1. The van der Waals surface area contributed by atoms with Crippen molar-refractivity contribution in [2.45, 2.75) is 26.4 Å². The Morgan fingerprint density at radius 1 is 1.27 bits per heavy atom. The normalized spacial score (nSPS) is 10.9. The summed E-state index contributed by atoms with van der Waals surface area (Å²) in [5.74, 6) is -0.349. The Bertz CT molecular complexity index is 223. The van der Waals surface area contributed by atoms with Crippen LogP contribution in [0.4, 0.5) is 4.79 Å². The second kappa shape index (κ2) is 6.23. The largest absolute Gasteiger partial charge is 0.465 e. The van der Waals surface area contributed by atoms with Crippen molar-refractivity contribution in [2.75, 3.05) is 19.6 Å². The van der Waals surface area contributed by atoms with Gasteiger partial charge < -0.3 is 20.5 Å². The highest BCUT2D eigenvalue weighted by molar-refractivity contribution is 5.72. The molecular weight excluding hydrogens is 200 g/mol. The Morgan fingerprint density at radius 2 is 1.87 bits per heavy atom. The van der Waals surface area contributed by atoms with Gasteiger partial charge >= 0.3 is 12.1 Å². The van der Waals surface area contributed by atoms with Crippen LogP contribution in [0.1, 0.15) is 20.8 Å². The minimum absolute atomic E-state index is 0.0819. The smallest absolute Gasteiger partial charge is 0.404 e. The molecule has 1 amide bonds. The van der Waals surface area contributed by atoms with Crippen LogP contribution in [0.3, 0.4) is 0 Å². The van der Waals surface area contributed by atoms with Crippen LogP contribution < -0.4 is 10.6 Å². The average Bonchev–Trinajstić information content (AvgIpc) is 1.99. The number of carbonyl (C=O) groups is 2. The van der Waals surface area contributed by atoms with Crippen LogP contribution >= 0.6 is 0 Å². The molecule has 0 saturated heterocycles. The summed E-state index contributed by atoms with van der Waals surface area (Å²) in [6.45, 7) is 6.10. The highest BCUT2D eigenvalue weighted by Crippen LogP contribution is 2.05. The highest BCUT2D eigenvalue weighted by Gasteiger charge is 2.15. The number of amides is 1. The Kier molecular flexibility index (Phi) is 5.69. The maximum atomic E-state index is 11.1. The van der Waals surface area contributed by atoms with Gasteiger partial charge in [-0.3, -0.25) is 4.79 Å². The fourth-order valence-electron chi connectivity index (χ4n) is 0.826. The van der Waals surface area contributed by atoms with E-state index in [4.69, 9.17) is 9.84 Å². The lowest BCUT2D eigenvalue weighted by Crippen LogP contribution is -2.36. The number of carboxylic acid groups (broad SMARTS) is 1. The quantitative estimate of drug-likeness (QED) is 0.453. The lowest BCUT2D eigenvalue weighted by Gasteiger charge is -2.19. The SMILES string of the molecule is CC(C)(C)OC(=O)CNCCNC(=O)O. The third-order valence-electron chi connectivity index (χ3n) is 1.27. The van der Waals surface area contributed by atoms with E-state index >= 15 is 0 Å². The summed E-state index contributed by atoms with van der Waals surface area (Å²) in [4.78, 5) is 21.2. The molecule has 0 heterocycles. The molecule has 0 fully saturated rings. The van der Waals surface area contributed by atoms with Crippen molar-refractivity contribution in [1.29, 1.82) is 0 Å². The fraction of sp³-hybridized carbons (Fsp3) is 0.778. The van der Waals surface area contributed by atoms with Crippen molar-refractivity contribution >= 4 is 12.1 Å². The van der Waals surface area contributed by atoms with E-state index in [1.165, 1.54) is 0 Å². The van der Waals surface area contributed by atoms with Crippen LogP contribution in [0.2, 0.25) is 0 Å². The zero-order chi connectivity index (χ0) is 11.9. The van der Waals surface area contributed by atoms with Gasteiger partial charge in [-0.2, -0.15) is 0 Å². The van der Waals surface area contributed by atoms with Crippen molar-refractivity contribution in [3.63, 3.8) is 0 Å². The summed E-state index contributed by atoms with van der Waals surface area (Å²) in [5.41, 5.74) is -0.488. The summed E-state index contributed by atoms with van der Waals surface area (Å²) in [5, 5.41) is 13.2. The zero-order valence-corrected chi connectivity index (χ0v) is 9.29. The Labute approximate surface area is 89.0 Å². The van der Waals surface area contributed by atoms with Gasteiger partial charge in [-0.05, 0) is 20.8 Å². The second-order valence-electron chi connectivity index (χ2n) is 4.00. The summed E-state index contributed by atoms with van der Waals surface area (Å²) >= 11 is 0. The van der Waals surface area contributed by atoms with Crippen molar-refractivity contribution in [3.05, 3.63) is 0 Å². The molecule has 0 aromatic carbocycles. The Morgan fingerprint density at radius 3 is 2.33 bits per heavy atom. The van der Waals surface area contributed by atoms with Gasteiger partial charge in [0.15, 0.2) is 0 Å². The molecule has 0 bridgehead atoms. The first-order valence-corrected chi connectivity index (χ1v) is 4.70. The third-order valence-corrected chi connectivity index (χ3v) is 1.27. The van der Waals surface area contributed by atoms with Crippen molar-refractivity contribution in [3.8, 4) is 0 Å². The van der Waals surface area contributed by atoms with Crippen LogP contribution in [0.15, 0.2) is 0 Å². The van der Waals surface area contributed by atoms with Gasteiger partial charge in [-0.15, -0.1) is 0 Å². The number of rotatable bonds is 5. The van der Waals surface area contributed by atoms with Crippen LogP contribution in [0.25, 0.3) is 0 Å². The molecule has 0 aliphatic heterocycles. The monoisotopic (exact) mass is 218 g/mol. The lowest BCUT2D eigenvalue weighted by molar-refractivity contribution is -0.153. The van der Waals surface area contributed by atoms with E-state index in [1.54, 1.807) is 20.8 Å². The number of nitrogens with one attached hydrogen (secondary N) is 2. The molecule has 0 aromatic rings. The maximum Gasteiger partial charge on any atom is 0.404 e. The maximum absolute atomic E-state index is 11.1. The predicted molar refractivity (Wildman–Crippen MR) is 54.7 cm³/mol. The minimum Gasteiger partial charge on any atom is -0.465 e. The van der Waals surface area contributed by atoms with Crippen LogP contribution in [-0.4, -0.2) is 42.4 Å². The molecule has 6 nitrogen and oxygen atoms in total. The summed E-state index contributed by atoms with van der Waals surface area (Å²) in [6.07, 6.45) is -1.07. The first kappa shape index (κ1) is 13.7. The van der Waals surface area contributed by atoms with Gasteiger partial charge in [0.2, 0.25) is 0 Å². The standard InChI is InChI=1S/C9H18N2O4/c1-9(2,3)15-7(12)6-10-4-5-11-8(13)14/h10-11H,4-6H2,1-3H3,(H,13,14). The first-order valence-electron chi connectivity index (χ1n) is 4.70. The van der Waals surface area contributed by atoms with Gasteiger partial charge in [0, 0.05) is 13.1 Å². The molecule has 15 heavy (non-hydrogen) atoms. The van der Waals surface area contributed by atoms with Gasteiger partial charge in [0.1, 0.15) is 5.60 Å². The molecule has 0 radical (unpaired) electrons.